The van der Waals surface area contributed by atoms with Crippen molar-refractivity contribution >= 4 is 23.5 Å². The van der Waals surface area contributed by atoms with Gasteiger partial charge >= 0.3 is 0 Å². The molecule has 0 spiro atoms. The van der Waals surface area contributed by atoms with Gasteiger partial charge in [0.05, 0.1) is 18.1 Å². The monoisotopic (exact) mass is 344 g/mol. The Morgan fingerprint density at radius 2 is 1.92 bits per heavy atom. The third-order valence-corrected chi connectivity index (χ3v) is 5.05. The lowest BCUT2D eigenvalue weighted by atomic mass is 10.1. The molecule has 6 heteroatoms. The summed E-state index contributed by atoms with van der Waals surface area (Å²) in [6, 6.07) is 11.2. The van der Waals surface area contributed by atoms with Crippen molar-refractivity contribution in [3.8, 4) is 10.4 Å². The minimum absolute atomic E-state index is 0.0606. The third kappa shape index (κ3) is 4.29. The number of carbonyl (C=O) groups excluding carboxylic acids is 2. The number of hydrogen-bond acceptors (Lipinski definition) is 5. The van der Waals surface area contributed by atoms with Crippen molar-refractivity contribution in [2.75, 3.05) is 39.4 Å². The van der Waals surface area contributed by atoms with Crippen molar-refractivity contribution in [2.24, 2.45) is 0 Å². The maximum absolute atomic E-state index is 12.2. The quantitative estimate of drug-likeness (QED) is 0.817. The first kappa shape index (κ1) is 16.8. The number of amides is 1. The van der Waals surface area contributed by atoms with Gasteiger partial charge in [0.25, 0.3) is 5.91 Å². The smallest absolute Gasteiger partial charge is 0.251 e. The Hall–Kier alpha value is -2.02. The molecule has 1 fully saturated rings. The van der Waals surface area contributed by atoms with E-state index >= 15 is 0 Å². The molecule has 1 aromatic heterocycles. The van der Waals surface area contributed by atoms with Crippen molar-refractivity contribution in [2.45, 2.75) is 0 Å². The van der Waals surface area contributed by atoms with Crippen molar-refractivity contribution < 1.29 is 14.3 Å². The Labute approximate surface area is 145 Å². The van der Waals surface area contributed by atoms with Crippen molar-refractivity contribution in [3.63, 3.8) is 0 Å². The Morgan fingerprint density at radius 3 is 2.58 bits per heavy atom. The zero-order valence-electron chi connectivity index (χ0n) is 13.4. The van der Waals surface area contributed by atoms with Crippen LogP contribution in [0.25, 0.3) is 10.4 Å². The van der Waals surface area contributed by atoms with Gasteiger partial charge in [-0.25, -0.2) is 0 Å². The highest BCUT2D eigenvalue weighted by Crippen LogP contribution is 2.27. The first-order valence-electron chi connectivity index (χ1n) is 8.00. The number of ether oxygens (including phenoxy) is 1. The standard InChI is InChI=1S/C18H20N2O3S/c21-13-16-5-6-17(24-16)14-1-3-15(4-2-14)18(22)19-7-8-20-9-11-23-12-10-20/h1-6,13H,7-12H2,(H,19,22). The summed E-state index contributed by atoms with van der Waals surface area (Å²) < 4.78 is 5.31. The number of thiophene rings is 1. The predicted octanol–water partition coefficient (Wildman–Crippen LogP) is 2.29. The number of benzene rings is 1. The zero-order chi connectivity index (χ0) is 16.8. The van der Waals surface area contributed by atoms with E-state index in [-0.39, 0.29) is 5.91 Å². The largest absolute Gasteiger partial charge is 0.379 e. The van der Waals surface area contributed by atoms with Gasteiger partial charge in [-0.3, -0.25) is 14.5 Å². The summed E-state index contributed by atoms with van der Waals surface area (Å²) in [6.45, 7) is 4.86. The van der Waals surface area contributed by atoms with Crippen LogP contribution < -0.4 is 5.32 Å². The van der Waals surface area contributed by atoms with Crippen LogP contribution in [0.2, 0.25) is 0 Å². The van der Waals surface area contributed by atoms with Gasteiger partial charge in [-0.1, -0.05) is 12.1 Å². The minimum atomic E-state index is -0.0606. The molecule has 5 nitrogen and oxygen atoms in total. The van der Waals surface area contributed by atoms with E-state index in [1.165, 1.54) is 11.3 Å². The van der Waals surface area contributed by atoms with Gasteiger partial charge in [0.2, 0.25) is 0 Å². The Morgan fingerprint density at radius 1 is 1.17 bits per heavy atom. The van der Waals surface area contributed by atoms with Crippen LogP contribution in [0.3, 0.4) is 0 Å². The molecule has 2 heterocycles. The molecular formula is C18H20N2O3S. The van der Waals surface area contributed by atoms with Crippen LogP contribution in [-0.2, 0) is 4.74 Å². The van der Waals surface area contributed by atoms with Crippen molar-refractivity contribution in [1.82, 2.24) is 10.2 Å². The summed E-state index contributed by atoms with van der Waals surface area (Å²) in [4.78, 5) is 27.0. The molecule has 1 aliphatic rings. The van der Waals surface area contributed by atoms with Gasteiger partial charge < -0.3 is 10.1 Å². The lowest BCUT2D eigenvalue weighted by Crippen LogP contribution is -2.41. The van der Waals surface area contributed by atoms with E-state index in [9.17, 15) is 9.59 Å². The van der Waals surface area contributed by atoms with Crippen molar-refractivity contribution in [1.29, 1.82) is 0 Å². The number of aldehydes is 1. The van der Waals surface area contributed by atoms with Crippen LogP contribution in [0.15, 0.2) is 36.4 Å². The summed E-state index contributed by atoms with van der Waals surface area (Å²) >= 11 is 1.45. The third-order valence-electron chi connectivity index (χ3n) is 3.99. The molecule has 126 valence electrons. The lowest BCUT2D eigenvalue weighted by molar-refractivity contribution is 0.0383. The Bertz CT molecular complexity index is 691. The van der Waals surface area contributed by atoms with Crippen LogP contribution in [0.5, 0.6) is 0 Å². The molecule has 0 radical (unpaired) electrons. The fourth-order valence-electron chi connectivity index (χ4n) is 2.61. The molecule has 1 amide bonds. The molecule has 1 N–H and O–H groups in total. The summed E-state index contributed by atoms with van der Waals surface area (Å²) in [5.41, 5.74) is 1.66. The van der Waals surface area contributed by atoms with E-state index in [2.05, 4.69) is 10.2 Å². The van der Waals surface area contributed by atoms with E-state index in [0.717, 1.165) is 49.6 Å². The lowest BCUT2D eigenvalue weighted by Gasteiger charge is -2.26. The first-order valence-corrected chi connectivity index (χ1v) is 8.81. The van der Waals surface area contributed by atoms with Crippen LogP contribution in [0, 0.1) is 0 Å². The number of nitrogens with zero attached hydrogens (tertiary/aromatic N) is 1. The van der Waals surface area contributed by atoms with Gasteiger partial charge in [0.1, 0.15) is 0 Å². The number of morpholine rings is 1. The minimum Gasteiger partial charge on any atom is -0.379 e. The molecule has 1 saturated heterocycles. The van der Waals surface area contributed by atoms with E-state index in [4.69, 9.17) is 4.74 Å². The highest BCUT2D eigenvalue weighted by molar-refractivity contribution is 7.17. The van der Waals surface area contributed by atoms with Gasteiger partial charge in [0, 0.05) is 36.6 Å². The summed E-state index contributed by atoms with van der Waals surface area (Å²) in [5.74, 6) is -0.0606. The molecule has 0 saturated carbocycles. The Kier molecular flexibility index (Phi) is 5.74. The number of carbonyl (C=O) groups is 2. The molecule has 0 bridgehead atoms. The highest BCUT2D eigenvalue weighted by Gasteiger charge is 2.11. The maximum Gasteiger partial charge on any atom is 0.251 e. The number of rotatable bonds is 6. The van der Waals surface area contributed by atoms with Crippen molar-refractivity contribution in [3.05, 3.63) is 46.8 Å². The molecule has 3 rings (SSSR count). The molecular weight excluding hydrogens is 324 g/mol. The topological polar surface area (TPSA) is 58.6 Å². The average Bonchev–Trinajstić information content (AvgIpc) is 3.12. The van der Waals surface area contributed by atoms with E-state index in [1.807, 2.05) is 30.3 Å². The second kappa shape index (κ2) is 8.19. The summed E-state index contributed by atoms with van der Waals surface area (Å²) in [5, 5.41) is 2.95. The highest BCUT2D eigenvalue weighted by atomic mass is 32.1. The second-order valence-corrected chi connectivity index (χ2v) is 6.72. The van der Waals surface area contributed by atoms with E-state index in [0.29, 0.717) is 17.0 Å². The number of nitrogens with one attached hydrogen (secondary N) is 1. The Balaban J connectivity index is 1.52. The van der Waals surface area contributed by atoms with Gasteiger partial charge in [-0.05, 0) is 29.8 Å². The van der Waals surface area contributed by atoms with Crippen LogP contribution >= 0.6 is 11.3 Å². The molecule has 0 unspecified atom stereocenters. The van der Waals surface area contributed by atoms with Gasteiger partial charge in [-0.2, -0.15) is 0 Å². The summed E-state index contributed by atoms with van der Waals surface area (Å²) in [6.07, 6.45) is 0.852. The van der Waals surface area contributed by atoms with Gasteiger partial charge in [0.15, 0.2) is 6.29 Å². The van der Waals surface area contributed by atoms with E-state index in [1.54, 1.807) is 6.07 Å². The normalized spacial score (nSPS) is 15.2. The molecule has 24 heavy (non-hydrogen) atoms. The zero-order valence-corrected chi connectivity index (χ0v) is 14.2. The van der Waals surface area contributed by atoms with E-state index < -0.39 is 0 Å². The molecule has 0 atom stereocenters. The fraction of sp³-hybridized carbons (Fsp3) is 0.333. The SMILES string of the molecule is O=Cc1ccc(-c2ccc(C(=O)NCCN3CCOCC3)cc2)s1. The van der Waals surface area contributed by atoms with Crippen LogP contribution in [0.1, 0.15) is 20.0 Å². The molecule has 0 aliphatic carbocycles. The average molecular weight is 344 g/mol. The first-order chi connectivity index (χ1) is 11.8. The molecule has 1 aliphatic heterocycles. The number of hydrogen-bond donors (Lipinski definition) is 1. The molecule has 2 aromatic rings. The fourth-order valence-corrected chi connectivity index (χ4v) is 3.44. The molecule has 1 aromatic carbocycles. The van der Waals surface area contributed by atoms with Gasteiger partial charge in [-0.15, -0.1) is 11.3 Å². The summed E-state index contributed by atoms with van der Waals surface area (Å²) in [7, 11) is 0. The van der Waals surface area contributed by atoms with Crippen LogP contribution in [-0.4, -0.2) is 56.5 Å². The second-order valence-electron chi connectivity index (χ2n) is 5.61. The van der Waals surface area contributed by atoms with Crippen LogP contribution in [0.4, 0.5) is 0 Å². The maximum atomic E-state index is 12.2. The predicted molar refractivity (Wildman–Crippen MR) is 94.7 cm³/mol.